The molecule has 1 atom stereocenters. The number of hydrogen-bond acceptors (Lipinski definition) is 1. The highest BCUT2D eigenvalue weighted by atomic mass is 16.3. The van der Waals surface area contributed by atoms with Crippen LogP contribution in [0.15, 0.2) is 18.3 Å². The third-order valence-corrected chi connectivity index (χ3v) is 1.07. The number of rotatable bonds is 1. The van der Waals surface area contributed by atoms with Crippen molar-refractivity contribution in [2.24, 2.45) is 0 Å². The Morgan fingerprint density at radius 3 is 2.75 bits per heavy atom. The molecule has 0 amide bonds. The monoisotopic (exact) mass is 111 g/mol. The Balaban J connectivity index is 2.77. The normalized spacial score (nSPS) is 13.8. The zero-order valence-corrected chi connectivity index (χ0v) is 4.76. The predicted octanol–water partition coefficient (Wildman–Crippen LogP) is 1.07. The van der Waals surface area contributed by atoms with Gasteiger partial charge in [-0.15, -0.1) is 0 Å². The molecule has 2 N–H and O–H groups in total. The molecule has 0 aliphatic carbocycles. The average Bonchev–Trinajstić information content (AvgIpc) is 2.12. The van der Waals surface area contributed by atoms with E-state index in [9.17, 15) is 0 Å². The van der Waals surface area contributed by atoms with Gasteiger partial charge in [0.25, 0.3) is 0 Å². The molecule has 0 radical (unpaired) electrons. The van der Waals surface area contributed by atoms with Gasteiger partial charge in [-0.05, 0) is 19.1 Å². The Kier molecular flexibility index (Phi) is 1.35. The van der Waals surface area contributed by atoms with Crippen molar-refractivity contribution in [3.8, 4) is 0 Å². The molecule has 8 heavy (non-hydrogen) atoms. The van der Waals surface area contributed by atoms with Crippen LogP contribution in [-0.2, 0) is 0 Å². The summed E-state index contributed by atoms with van der Waals surface area (Å²) >= 11 is 0. The smallest absolute Gasteiger partial charge is 0.0909 e. The summed E-state index contributed by atoms with van der Waals surface area (Å²) < 4.78 is 0. The van der Waals surface area contributed by atoms with Gasteiger partial charge in [0.1, 0.15) is 0 Å². The Hall–Kier alpha value is -0.760. The van der Waals surface area contributed by atoms with Crippen molar-refractivity contribution in [2.75, 3.05) is 0 Å². The highest BCUT2D eigenvalue weighted by Gasteiger charge is 1.96. The van der Waals surface area contributed by atoms with Crippen molar-refractivity contribution in [1.82, 2.24) is 4.98 Å². The molecule has 0 aromatic carbocycles. The van der Waals surface area contributed by atoms with E-state index in [4.69, 9.17) is 5.11 Å². The molecule has 0 saturated carbocycles. The van der Waals surface area contributed by atoms with Gasteiger partial charge < -0.3 is 10.1 Å². The molecule has 1 rings (SSSR count). The van der Waals surface area contributed by atoms with Gasteiger partial charge in [0.15, 0.2) is 0 Å². The fourth-order valence-corrected chi connectivity index (χ4v) is 0.604. The van der Waals surface area contributed by atoms with Crippen LogP contribution in [0.4, 0.5) is 0 Å². The van der Waals surface area contributed by atoms with Crippen LogP contribution in [0.25, 0.3) is 0 Å². The predicted molar refractivity (Wildman–Crippen MR) is 31.4 cm³/mol. The molecule has 44 valence electrons. The topological polar surface area (TPSA) is 36.0 Å². The number of hydrogen-bond donors (Lipinski definition) is 2. The second-order valence-corrected chi connectivity index (χ2v) is 1.80. The third kappa shape index (κ3) is 0.898. The molecule has 1 aromatic rings. The highest BCUT2D eigenvalue weighted by molar-refractivity contribution is 5.05. The fraction of sp³-hybridized carbons (Fsp3) is 0.333. The summed E-state index contributed by atoms with van der Waals surface area (Å²) in [6.07, 6.45) is 1.42. The van der Waals surface area contributed by atoms with Crippen LogP contribution in [0.5, 0.6) is 0 Å². The van der Waals surface area contributed by atoms with E-state index in [1.807, 2.05) is 12.1 Å². The van der Waals surface area contributed by atoms with Gasteiger partial charge in [-0.1, -0.05) is 0 Å². The third-order valence-electron chi connectivity index (χ3n) is 1.07. The summed E-state index contributed by atoms with van der Waals surface area (Å²) in [5, 5.41) is 8.88. The van der Waals surface area contributed by atoms with Gasteiger partial charge in [0.05, 0.1) is 6.10 Å². The van der Waals surface area contributed by atoms with Crippen molar-refractivity contribution in [3.63, 3.8) is 0 Å². The fourth-order valence-electron chi connectivity index (χ4n) is 0.604. The molecule has 0 unspecified atom stereocenters. The molecule has 0 fully saturated rings. The van der Waals surface area contributed by atoms with Gasteiger partial charge in [0.2, 0.25) is 0 Å². The molecule has 1 heterocycles. The zero-order valence-electron chi connectivity index (χ0n) is 4.76. The first-order valence-corrected chi connectivity index (χ1v) is 2.62. The molecule has 0 aliphatic rings. The molecule has 2 heteroatoms. The Morgan fingerprint density at radius 1 is 1.75 bits per heavy atom. The lowest BCUT2D eigenvalue weighted by Crippen LogP contribution is -1.88. The van der Waals surface area contributed by atoms with Crippen LogP contribution in [-0.4, -0.2) is 10.1 Å². The van der Waals surface area contributed by atoms with Gasteiger partial charge >= 0.3 is 0 Å². The van der Waals surface area contributed by atoms with Crippen molar-refractivity contribution in [2.45, 2.75) is 13.0 Å². The summed E-state index contributed by atoms with van der Waals surface area (Å²) in [7, 11) is 0. The van der Waals surface area contributed by atoms with E-state index >= 15 is 0 Å². The number of aromatic nitrogens is 1. The molecule has 0 aliphatic heterocycles. The van der Waals surface area contributed by atoms with E-state index in [1.54, 1.807) is 13.1 Å². The first kappa shape index (κ1) is 5.38. The van der Waals surface area contributed by atoms with Gasteiger partial charge in [-0.3, -0.25) is 0 Å². The molecule has 0 saturated heterocycles. The lowest BCUT2D eigenvalue weighted by Gasteiger charge is -1.96. The van der Waals surface area contributed by atoms with Gasteiger partial charge in [-0.25, -0.2) is 0 Å². The number of H-pyrrole nitrogens is 1. The maximum absolute atomic E-state index is 8.88. The van der Waals surface area contributed by atoms with Crippen molar-refractivity contribution >= 4 is 0 Å². The lowest BCUT2D eigenvalue weighted by molar-refractivity contribution is 0.195. The van der Waals surface area contributed by atoms with Crippen molar-refractivity contribution in [1.29, 1.82) is 0 Å². The van der Waals surface area contributed by atoms with Crippen LogP contribution in [0.2, 0.25) is 0 Å². The highest BCUT2D eigenvalue weighted by Crippen LogP contribution is 2.06. The summed E-state index contributed by atoms with van der Waals surface area (Å²) in [4.78, 5) is 2.89. The molecular weight excluding hydrogens is 102 g/mol. The minimum atomic E-state index is -0.370. The molecule has 0 spiro atoms. The molecule has 1 aromatic heterocycles. The summed E-state index contributed by atoms with van der Waals surface area (Å²) in [6, 6.07) is 3.72. The van der Waals surface area contributed by atoms with Crippen LogP contribution < -0.4 is 0 Å². The molecular formula is C6H9NO. The van der Waals surface area contributed by atoms with Crippen LogP contribution in [0.1, 0.15) is 18.7 Å². The second kappa shape index (κ2) is 2.01. The van der Waals surface area contributed by atoms with E-state index < -0.39 is 0 Å². The lowest BCUT2D eigenvalue weighted by atomic mass is 10.3. The maximum atomic E-state index is 8.88. The Morgan fingerprint density at radius 2 is 2.50 bits per heavy atom. The van der Waals surface area contributed by atoms with E-state index in [1.165, 1.54) is 0 Å². The van der Waals surface area contributed by atoms with Crippen LogP contribution in [0, 0.1) is 0 Å². The summed E-state index contributed by atoms with van der Waals surface area (Å²) in [6.45, 7) is 1.73. The van der Waals surface area contributed by atoms with Gasteiger partial charge in [-0.2, -0.15) is 0 Å². The number of aliphatic hydroxyl groups is 1. The second-order valence-electron chi connectivity index (χ2n) is 1.80. The van der Waals surface area contributed by atoms with E-state index in [0.717, 1.165) is 5.69 Å². The molecule has 2 nitrogen and oxygen atoms in total. The van der Waals surface area contributed by atoms with E-state index in [-0.39, 0.29) is 6.10 Å². The summed E-state index contributed by atoms with van der Waals surface area (Å²) in [5.41, 5.74) is 0.866. The first-order valence-electron chi connectivity index (χ1n) is 2.62. The van der Waals surface area contributed by atoms with Gasteiger partial charge in [0, 0.05) is 11.9 Å². The Bertz CT molecular complexity index is 144. The SMILES string of the molecule is C[C@@H](O)c1ccc[nH]1. The van der Waals surface area contributed by atoms with E-state index in [2.05, 4.69) is 4.98 Å². The maximum Gasteiger partial charge on any atom is 0.0909 e. The Labute approximate surface area is 48.2 Å². The largest absolute Gasteiger partial charge is 0.387 e. The average molecular weight is 111 g/mol. The summed E-state index contributed by atoms with van der Waals surface area (Å²) in [5.74, 6) is 0. The standard InChI is InChI=1S/C6H9NO/c1-5(8)6-3-2-4-7-6/h2-5,7-8H,1H3/t5-/m1/s1. The minimum Gasteiger partial charge on any atom is -0.387 e. The zero-order chi connectivity index (χ0) is 5.98. The van der Waals surface area contributed by atoms with Crippen molar-refractivity contribution < 1.29 is 5.11 Å². The van der Waals surface area contributed by atoms with Crippen LogP contribution >= 0.6 is 0 Å². The minimum absolute atomic E-state index is 0.370. The number of aliphatic hydroxyl groups excluding tert-OH is 1. The van der Waals surface area contributed by atoms with Crippen molar-refractivity contribution in [3.05, 3.63) is 24.0 Å². The van der Waals surface area contributed by atoms with E-state index in [0.29, 0.717) is 0 Å². The quantitative estimate of drug-likeness (QED) is 0.558. The number of nitrogens with one attached hydrogen (secondary N) is 1. The molecule has 0 bridgehead atoms. The first-order chi connectivity index (χ1) is 3.80. The number of aromatic amines is 1. The van der Waals surface area contributed by atoms with Crippen LogP contribution in [0.3, 0.4) is 0 Å².